The van der Waals surface area contributed by atoms with Gasteiger partial charge in [0, 0.05) is 20.0 Å². The summed E-state index contributed by atoms with van der Waals surface area (Å²) in [6, 6.07) is 0. The molecule has 0 aliphatic carbocycles. The van der Waals surface area contributed by atoms with E-state index in [9.17, 15) is 14.4 Å². The number of rotatable bonds is 25. The van der Waals surface area contributed by atoms with Crippen molar-refractivity contribution >= 4 is 17.8 Å². The highest BCUT2D eigenvalue weighted by molar-refractivity contribution is 6.01. The van der Waals surface area contributed by atoms with Crippen LogP contribution < -0.4 is 0 Å². The fourth-order valence-corrected chi connectivity index (χ4v) is 2.52. The van der Waals surface area contributed by atoms with E-state index in [4.69, 9.17) is 42.7 Å². The number of hydroxylamine groups is 2. The van der Waals surface area contributed by atoms with Crippen molar-refractivity contribution < 1.29 is 57.1 Å². The minimum Gasteiger partial charge on any atom is -0.382 e. The maximum atomic E-state index is 11.6. The van der Waals surface area contributed by atoms with E-state index in [1.54, 1.807) is 7.11 Å². The van der Waals surface area contributed by atoms with Crippen LogP contribution in [-0.4, -0.2) is 129 Å². The standard InChI is InChI=1S/C22H39NO12/c1-27-6-7-29-10-11-31-14-15-33-18-19-34-17-16-32-13-12-30-9-8-28-5-4-22(26)35-23-20(24)2-3-21(23)25/h2-19H2,1H3. The first-order valence-electron chi connectivity index (χ1n) is 11.7. The minimum absolute atomic E-state index is 0.0654. The zero-order valence-corrected chi connectivity index (χ0v) is 20.6. The number of ether oxygens (including phenoxy) is 8. The molecule has 0 radical (unpaired) electrons. The molecular weight excluding hydrogens is 470 g/mol. The molecule has 0 aromatic rings. The average molecular weight is 510 g/mol. The van der Waals surface area contributed by atoms with Gasteiger partial charge in [0.2, 0.25) is 0 Å². The molecule has 1 fully saturated rings. The first kappa shape index (κ1) is 31.3. The molecule has 1 aliphatic heterocycles. The van der Waals surface area contributed by atoms with Gasteiger partial charge in [-0.25, -0.2) is 4.79 Å². The van der Waals surface area contributed by atoms with Gasteiger partial charge in [-0.2, -0.15) is 0 Å². The van der Waals surface area contributed by atoms with Gasteiger partial charge in [0.05, 0.1) is 106 Å². The van der Waals surface area contributed by atoms with Crippen LogP contribution in [0.1, 0.15) is 19.3 Å². The third-order valence-electron chi connectivity index (χ3n) is 4.31. The van der Waals surface area contributed by atoms with Gasteiger partial charge in [0.1, 0.15) is 0 Å². The fraction of sp³-hybridized carbons (Fsp3) is 0.864. The molecule has 0 saturated carbocycles. The second-order valence-corrected chi connectivity index (χ2v) is 7.07. The van der Waals surface area contributed by atoms with Gasteiger partial charge < -0.3 is 42.7 Å². The van der Waals surface area contributed by atoms with Crippen molar-refractivity contribution in [1.29, 1.82) is 0 Å². The summed E-state index contributed by atoms with van der Waals surface area (Å²) in [5.74, 6) is -1.70. The maximum absolute atomic E-state index is 11.6. The smallest absolute Gasteiger partial charge is 0.335 e. The highest BCUT2D eigenvalue weighted by Gasteiger charge is 2.32. The summed E-state index contributed by atoms with van der Waals surface area (Å²) in [4.78, 5) is 39.0. The molecule has 1 rings (SSSR count). The van der Waals surface area contributed by atoms with E-state index in [1.807, 2.05) is 0 Å². The Morgan fingerprint density at radius 2 is 0.886 bits per heavy atom. The van der Waals surface area contributed by atoms with E-state index in [2.05, 4.69) is 0 Å². The first-order chi connectivity index (χ1) is 17.1. The Labute approximate surface area is 206 Å². The van der Waals surface area contributed by atoms with Crippen molar-refractivity contribution in [3.05, 3.63) is 0 Å². The normalized spacial score (nSPS) is 13.7. The van der Waals surface area contributed by atoms with Crippen LogP contribution in [0.3, 0.4) is 0 Å². The van der Waals surface area contributed by atoms with Crippen LogP contribution in [0.25, 0.3) is 0 Å². The predicted octanol–water partition coefficient (Wildman–Crippen LogP) is -0.254. The summed E-state index contributed by atoms with van der Waals surface area (Å²) in [5.41, 5.74) is 0. The minimum atomic E-state index is -0.693. The third-order valence-corrected chi connectivity index (χ3v) is 4.31. The lowest BCUT2D eigenvalue weighted by molar-refractivity contribution is -0.198. The zero-order chi connectivity index (χ0) is 25.4. The maximum Gasteiger partial charge on any atom is 0.335 e. The molecule has 35 heavy (non-hydrogen) atoms. The number of carbonyl (C=O) groups excluding carboxylic acids is 3. The number of methoxy groups -OCH3 is 1. The first-order valence-corrected chi connectivity index (χ1v) is 11.7. The average Bonchev–Trinajstić information content (AvgIpc) is 3.16. The number of nitrogens with zero attached hydrogens (tertiary/aromatic N) is 1. The number of amides is 2. The van der Waals surface area contributed by atoms with Gasteiger partial charge in [-0.15, -0.1) is 5.06 Å². The molecule has 0 spiro atoms. The second-order valence-electron chi connectivity index (χ2n) is 7.07. The summed E-state index contributed by atoms with van der Waals surface area (Å²) in [6.45, 7) is 6.70. The van der Waals surface area contributed by atoms with E-state index in [0.29, 0.717) is 97.6 Å². The van der Waals surface area contributed by atoms with Crippen LogP contribution >= 0.6 is 0 Å². The van der Waals surface area contributed by atoms with Crippen LogP contribution in [-0.2, 0) is 57.1 Å². The number of imide groups is 1. The highest BCUT2D eigenvalue weighted by Crippen LogP contribution is 2.12. The summed E-state index contributed by atoms with van der Waals surface area (Å²) < 4.78 is 42.3. The monoisotopic (exact) mass is 509 g/mol. The highest BCUT2D eigenvalue weighted by atomic mass is 16.7. The fourth-order valence-electron chi connectivity index (χ4n) is 2.52. The molecule has 0 unspecified atom stereocenters. The summed E-state index contributed by atoms with van der Waals surface area (Å²) in [5, 5.41) is 0.520. The van der Waals surface area contributed by atoms with Crippen molar-refractivity contribution in [2.45, 2.75) is 19.3 Å². The molecule has 1 saturated heterocycles. The molecule has 0 atom stereocenters. The van der Waals surface area contributed by atoms with Gasteiger partial charge >= 0.3 is 5.97 Å². The number of hydrogen-bond acceptors (Lipinski definition) is 12. The summed E-state index contributed by atoms with van der Waals surface area (Å²) in [6.07, 6.45) is 0.0654. The Bertz CT molecular complexity index is 547. The second kappa shape index (κ2) is 22.7. The molecule has 2 amide bonds. The SMILES string of the molecule is COCCOCCOCCOCCOCCOCCOCCOCCC(=O)ON1C(=O)CCC1=O. The third kappa shape index (κ3) is 18.3. The predicted molar refractivity (Wildman–Crippen MR) is 119 cm³/mol. The molecule has 13 heteroatoms. The topological polar surface area (TPSA) is 138 Å². The van der Waals surface area contributed by atoms with E-state index in [1.165, 1.54) is 0 Å². The molecular formula is C22H39NO12. The van der Waals surface area contributed by atoms with Crippen molar-refractivity contribution in [2.24, 2.45) is 0 Å². The largest absolute Gasteiger partial charge is 0.382 e. The molecule has 204 valence electrons. The van der Waals surface area contributed by atoms with Gasteiger partial charge in [0.15, 0.2) is 0 Å². The van der Waals surface area contributed by atoms with Gasteiger partial charge in [-0.1, -0.05) is 0 Å². The Balaban J connectivity index is 1.71. The van der Waals surface area contributed by atoms with Crippen molar-refractivity contribution in [3.63, 3.8) is 0 Å². The Kier molecular flexibility index (Phi) is 20.3. The number of carbonyl (C=O) groups is 3. The molecule has 1 aliphatic rings. The van der Waals surface area contributed by atoms with Crippen molar-refractivity contribution in [3.8, 4) is 0 Å². The summed E-state index contributed by atoms with van der Waals surface area (Å²) >= 11 is 0. The van der Waals surface area contributed by atoms with Crippen LogP contribution in [0.2, 0.25) is 0 Å². The lowest BCUT2D eigenvalue weighted by Gasteiger charge is -2.12. The van der Waals surface area contributed by atoms with Gasteiger partial charge in [-0.05, 0) is 0 Å². The van der Waals surface area contributed by atoms with Crippen LogP contribution in [0.15, 0.2) is 0 Å². The Morgan fingerprint density at radius 1 is 0.571 bits per heavy atom. The van der Waals surface area contributed by atoms with E-state index < -0.39 is 17.8 Å². The van der Waals surface area contributed by atoms with Gasteiger partial charge in [-0.3, -0.25) is 9.59 Å². The lowest BCUT2D eigenvalue weighted by Crippen LogP contribution is -2.32. The van der Waals surface area contributed by atoms with E-state index in [0.717, 1.165) is 0 Å². The van der Waals surface area contributed by atoms with Crippen molar-refractivity contribution in [2.75, 3.05) is 106 Å². The molecule has 0 aromatic carbocycles. The van der Waals surface area contributed by atoms with Crippen molar-refractivity contribution in [1.82, 2.24) is 5.06 Å². The van der Waals surface area contributed by atoms with Gasteiger partial charge in [0.25, 0.3) is 11.8 Å². The molecule has 1 heterocycles. The Hall–Kier alpha value is -1.71. The summed E-state index contributed by atoms with van der Waals surface area (Å²) in [7, 11) is 1.63. The van der Waals surface area contributed by atoms with Crippen LogP contribution in [0.5, 0.6) is 0 Å². The lowest BCUT2D eigenvalue weighted by atomic mass is 10.4. The Morgan fingerprint density at radius 3 is 1.23 bits per heavy atom. The van der Waals surface area contributed by atoms with E-state index in [-0.39, 0.29) is 25.9 Å². The van der Waals surface area contributed by atoms with Crippen LogP contribution in [0, 0.1) is 0 Å². The number of hydrogen-bond donors (Lipinski definition) is 0. The van der Waals surface area contributed by atoms with E-state index >= 15 is 0 Å². The quantitative estimate of drug-likeness (QED) is 0.118. The molecule has 0 aromatic heterocycles. The molecule has 0 bridgehead atoms. The van der Waals surface area contributed by atoms with Crippen LogP contribution in [0.4, 0.5) is 0 Å². The zero-order valence-electron chi connectivity index (χ0n) is 20.6. The molecule has 0 N–H and O–H groups in total. The molecule has 13 nitrogen and oxygen atoms in total.